The zero-order valence-electron chi connectivity index (χ0n) is 11.3. The Morgan fingerprint density at radius 3 is 2.68 bits per heavy atom. The van der Waals surface area contributed by atoms with Gasteiger partial charge in [-0.3, -0.25) is 9.97 Å². The minimum Gasteiger partial charge on any atom is -0.325 e. The van der Waals surface area contributed by atoms with Gasteiger partial charge in [-0.25, -0.2) is 0 Å². The van der Waals surface area contributed by atoms with Crippen LogP contribution in [0.5, 0.6) is 0 Å². The van der Waals surface area contributed by atoms with Gasteiger partial charge < -0.3 is 10.6 Å². The van der Waals surface area contributed by atoms with Crippen LogP contribution in [0.15, 0.2) is 42.9 Å². The molecule has 0 radical (unpaired) electrons. The molecule has 0 spiro atoms. The van der Waals surface area contributed by atoms with Gasteiger partial charge in [-0.1, -0.05) is 6.07 Å². The number of likely N-dealkylation sites (N-methyl/N-ethyl adjacent to an activating group) is 1. The predicted molar refractivity (Wildman–Crippen MR) is 76.4 cm³/mol. The van der Waals surface area contributed by atoms with Gasteiger partial charge in [-0.05, 0) is 42.8 Å². The SMILES string of the molecule is CN(CCc1ccncc1)Cc1cccnc1CN. The molecule has 100 valence electrons. The zero-order chi connectivity index (χ0) is 13.5. The third kappa shape index (κ3) is 4.12. The van der Waals surface area contributed by atoms with Gasteiger partial charge in [-0.15, -0.1) is 0 Å². The van der Waals surface area contributed by atoms with Gasteiger partial charge in [0.25, 0.3) is 0 Å². The maximum atomic E-state index is 5.70. The lowest BCUT2D eigenvalue weighted by molar-refractivity contribution is 0.329. The number of nitrogens with zero attached hydrogens (tertiary/aromatic N) is 3. The summed E-state index contributed by atoms with van der Waals surface area (Å²) in [7, 11) is 2.12. The fourth-order valence-electron chi connectivity index (χ4n) is 2.04. The highest BCUT2D eigenvalue weighted by molar-refractivity contribution is 5.19. The van der Waals surface area contributed by atoms with E-state index in [1.165, 1.54) is 11.1 Å². The Bertz CT molecular complexity index is 499. The second-order valence-electron chi connectivity index (χ2n) is 4.66. The fraction of sp³-hybridized carbons (Fsp3) is 0.333. The van der Waals surface area contributed by atoms with E-state index < -0.39 is 0 Å². The van der Waals surface area contributed by atoms with Crippen molar-refractivity contribution in [1.82, 2.24) is 14.9 Å². The summed E-state index contributed by atoms with van der Waals surface area (Å²) in [4.78, 5) is 10.6. The minimum absolute atomic E-state index is 0.494. The molecule has 4 nitrogen and oxygen atoms in total. The highest BCUT2D eigenvalue weighted by Gasteiger charge is 2.05. The van der Waals surface area contributed by atoms with Crippen LogP contribution in [-0.2, 0) is 19.5 Å². The number of rotatable bonds is 6. The topological polar surface area (TPSA) is 55.0 Å². The molecule has 4 heteroatoms. The Hall–Kier alpha value is -1.78. The molecule has 0 aliphatic heterocycles. The van der Waals surface area contributed by atoms with E-state index in [1.807, 2.05) is 18.5 Å². The van der Waals surface area contributed by atoms with Crippen LogP contribution in [0.3, 0.4) is 0 Å². The molecular formula is C15H20N4. The van der Waals surface area contributed by atoms with Gasteiger partial charge in [0.15, 0.2) is 0 Å². The average Bonchev–Trinajstić information content (AvgIpc) is 2.47. The number of nitrogens with two attached hydrogens (primary N) is 1. The summed E-state index contributed by atoms with van der Waals surface area (Å²) >= 11 is 0. The highest BCUT2D eigenvalue weighted by Crippen LogP contribution is 2.08. The van der Waals surface area contributed by atoms with Crippen molar-refractivity contribution in [1.29, 1.82) is 0 Å². The van der Waals surface area contributed by atoms with Gasteiger partial charge in [0.1, 0.15) is 0 Å². The first-order chi connectivity index (χ1) is 9.29. The lowest BCUT2D eigenvalue weighted by Gasteiger charge is -2.18. The van der Waals surface area contributed by atoms with Gasteiger partial charge in [0, 0.05) is 38.2 Å². The van der Waals surface area contributed by atoms with E-state index in [9.17, 15) is 0 Å². The summed E-state index contributed by atoms with van der Waals surface area (Å²) in [6.45, 7) is 2.38. The smallest absolute Gasteiger partial charge is 0.0584 e. The van der Waals surface area contributed by atoms with Crippen LogP contribution < -0.4 is 5.73 Å². The lowest BCUT2D eigenvalue weighted by Crippen LogP contribution is -2.22. The first kappa shape index (κ1) is 13.6. The van der Waals surface area contributed by atoms with Crippen molar-refractivity contribution < 1.29 is 0 Å². The molecule has 0 aliphatic rings. The van der Waals surface area contributed by atoms with E-state index in [1.54, 1.807) is 6.20 Å². The lowest BCUT2D eigenvalue weighted by atomic mass is 10.1. The monoisotopic (exact) mass is 256 g/mol. The largest absolute Gasteiger partial charge is 0.325 e. The molecule has 0 aromatic carbocycles. The van der Waals surface area contributed by atoms with E-state index in [-0.39, 0.29) is 0 Å². The van der Waals surface area contributed by atoms with Gasteiger partial charge in [0.05, 0.1) is 5.69 Å². The van der Waals surface area contributed by atoms with Crippen molar-refractivity contribution in [2.75, 3.05) is 13.6 Å². The molecule has 2 aromatic heterocycles. The fourth-order valence-corrected chi connectivity index (χ4v) is 2.04. The molecular weight excluding hydrogens is 236 g/mol. The summed E-state index contributed by atoms with van der Waals surface area (Å²) < 4.78 is 0. The summed E-state index contributed by atoms with van der Waals surface area (Å²) in [5, 5.41) is 0. The molecule has 0 bridgehead atoms. The number of hydrogen-bond acceptors (Lipinski definition) is 4. The summed E-state index contributed by atoms with van der Waals surface area (Å²) in [6, 6.07) is 8.18. The maximum Gasteiger partial charge on any atom is 0.0584 e. The molecule has 0 amide bonds. The van der Waals surface area contributed by atoms with Crippen LogP contribution in [0.2, 0.25) is 0 Å². The van der Waals surface area contributed by atoms with E-state index in [0.29, 0.717) is 6.54 Å². The van der Waals surface area contributed by atoms with Gasteiger partial charge in [0.2, 0.25) is 0 Å². The normalized spacial score (nSPS) is 10.9. The zero-order valence-corrected chi connectivity index (χ0v) is 11.3. The molecule has 0 atom stereocenters. The quantitative estimate of drug-likeness (QED) is 0.853. The first-order valence-corrected chi connectivity index (χ1v) is 6.50. The molecule has 0 aliphatic carbocycles. The Morgan fingerprint density at radius 1 is 1.16 bits per heavy atom. The van der Waals surface area contributed by atoms with Crippen molar-refractivity contribution in [3.8, 4) is 0 Å². The third-order valence-corrected chi connectivity index (χ3v) is 3.15. The van der Waals surface area contributed by atoms with Crippen molar-refractivity contribution in [2.45, 2.75) is 19.5 Å². The number of pyridine rings is 2. The van der Waals surface area contributed by atoms with Crippen LogP contribution in [0.25, 0.3) is 0 Å². The van der Waals surface area contributed by atoms with Gasteiger partial charge in [-0.2, -0.15) is 0 Å². The van der Waals surface area contributed by atoms with E-state index in [2.05, 4.69) is 40.1 Å². The highest BCUT2D eigenvalue weighted by atomic mass is 15.1. The molecule has 2 heterocycles. The molecule has 0 saturated heterocycles. The molecule has 19 heavy (non-hydrogen) atoms. The van der Waals surface area contributed by atoms with Crippen LogP contribution >= 0.6 is 0 Å². The van der Waals surface area contributed by atoms with Gasteiger partial charge >= 0.3 is 0 Å². The number of aromatic nitrogens is 2. The number of hydrogen-bond donors (Lipinski definition) is 1. The average molecular weight is 256 g/mol. The third-order valence-electron chi connectivity index (χ3n) is 3.15. The van der Waals surface area contributed by atoms with Crippen molar-refractivity contribution in [2.24, 2.45) is 5.73 Å². The predicted octanol–water partition coefficient (Wildman–Crippen LogP) is 1.61. The Morgan fingerprint density at radius 2 is 1.95 bits per heavy atom. The Balaban J connectivity index is 1.89. The molecule has 0 saturated carbocycles. The van der Waals surface area contributed by atoms with E-state index in [0.717, 1.165) is 25.2 Å². The summed E-state index contributed by atoms with van der Waals surface area (Å²) in [5.41, 5.74) is 9.21. The van der Waals surface area contributed by atoms with E-state index >= 15 is 0 Å². The molecule has 0 fully saturated rings. The molecule has 2 rings (SSSR count). The van der Waals surface area contributed by atoms with E-state index in [4.69, 9.17) is 5.73 Å². The standard InChI is InChI=1S/C15H20N4/c1-19(10-6-13-4-8-17-9-5-13)12-14-3-2-7-18-15(14)11-16/h2-5,7-9H,6,10-12,16H2,1H3. The van der Waals surface area contributed by atoms with Crippen LogP contribution in [0.1, 0.15) is 16.8 Å². The van der Waals surface area contributed by atoms with Crippen molar-refractivity contribution in [3.63, 3.8) is 0 Å². The molecule has 0 unspecified atom stereocenters. The second-order valence-corrected chi connectivity index (χ2v) is 4.66. The van der Waals surface area contributed by atoms with Crippen LogP contribution in [0.4, 0.5) is 0 Å². The van der Waals surface area contributed by atoms with Crippen molar-refractivity contribution in [3.05, 3.63) is 59.7 Å². The molecule has 2 N–H and O–H groups in total. The Labute approximate surface area is 114 Å². The Kier molecular flexibility index (Phi) is 5.01. The summed E-state index contributed by atoms with van der Waals surface area (Å²) in [5.74, 6) is 0. The van der Waals surface area contributed by atoms with Crippen LogP contribution in [0, 0.1) is 0 Å². The minimum atomic E-state index is 0.494. The van der Waals surface area contributed by atoms with Crippen LogP contribution in [-0.4, -0.2) is 28.5 Å². The molecule has 2 aromatic rings. The summed E-state index contributed by atoms with van der Waals surface area (Å²) in [6.07, 6.45) is 6.49. The maximum absolute atomic E-state index is 5.70. The second kappa shape index (κ2) is 6.97. The van der Waals surface area contributed by atoms with Crippen molar-refractivity contribution >= 4 is 0 Å². The first-order valence-electron chi connectivity index (χ1n) is 6.50.